The summed E-state index contributed by atoms with van der Waals surface area (Å²) in [4.78, 5) is 9.89. The molecular weight excluding hydrogens is 194 g/mol. The minimum atomic E-state index is -0.0945. The first kappa shape index (κ1) is 11.7. The molecule has 0 bridgehead atoms. The maximum atomic E-state index is 9.89. The SMILES string of the molecule is COc1ccccc1C(C)OCCN=O. The third-order valence-electron chi connectivity index (χ3n) is 2.13. The van der Waals surface area contributed by atoms with E-state index < -0.39 is 0 Å². The van der Waals surface area contributed by atoms with Crippen molar-refractivity contribution in [2.24, 2.45) is 5.18 Å². The molecule has 0 aliphatic heterocycles. The van der Waals surface area contributed by atoms with Crippen molar-refractivity contribution in [1.82, 2.24) is 0 Å². The Morgan fingerprint density at radius 2 is 2.13 bits per heavy atom. The molecule has 0 aromatic heterocycles. The zero-order chi connectivity index (χ0) is 11.1. The van der Waals surface area contributed by atoms with Crippen LogP contribution < -0.4 is 4.74 Å². The van der Waals surface area contributed by atoms with Crippen molar-refractivity contribution in [3.8, 4) is 5.75 Å². The van der Waals surface area contributed by atoms with Gasteiger partial charge in [0.15, 0.2) is 0 Å². The first-order chi connectivity index (χ1) is 7.29. The van der Waals surface area contributed by atoms with Crippen molar-refractivity contribution in [2.75, 3.05) is 20.3 Å². The summed E-state index contributed by atoms with van der Waals surface area (Å²) in [5.41, 5.74) is 0.978. The first-order valence-electron chi connectivity index (χ1n) is 4.83. The van der Waals surface area contributed by atoms with Crippen molar-refractivity contribution in [1.29, 1.82) is 0 Å². The standard InChI is InChI=1S/C11H15NO3/c1-9(15-8-7-12-13)10-5-3-4-6-11(10)14-2/h3-6,9H,7-8H2,1-2H3. The van der Waals surface area contributed by atoms with Crippen molar-refractivity contribution in [2.45, 2.75) is 13.0 Å². The van der Waals surface area contributed by atoms with Crippen LogP contribution >= 0.6 is 0 Å². The lowest BCUT2D eigenvalue weighted by atomic mass is 10.1. The van der Waals surface area contributed by atoms with Crippen LogP contribution in [0.25, 0.3) is 0 Å². The van der Waals surface area contributed by atoms with Gasteiger partial charge in [0.2, 0.25) is 0 Å². The molecule has 1 aromatic rings. The molecule has 0 aliphatic rings. The Morgan fingerprint density at radius 1 is 1.40 bits per heavy atom. The van der Waals surface area contributed by atoms with Gasteiger partial charge < -0.3 is 9.47 Å². The molecule has 0 radical (unpaired) electrons. The lowest BCUT2D eigenvalue weighted by Crippen LogP contribution is -2.05. The molecule has 4 heteroatoms. The molecule has 0 amide bonds. The van der Waals surface area contributed by atoms with Crippen molar-refractivity contribution in [3.05, 3.63) is 34.7 Å². The quantitative estimate of drug-likeness (QED) is 0.534. The lowest BCUT2D eigenvalue weighted by Gasteiger charge is -2.15. The van der Waals surface area contributed by atoms with Gasteiger partial charge in [-0.3, -0.25) is 0 Å². The van der Waals surface area contributed by atoms with Gasteiger partial charge in [-0.2, -0.15) is 4.91 Å². The summed E-state index contributed by atoms with van der Waals surface area (Å²) in [6.45, 7) is 2.44. The number of methoxy groups -OCH3 is 1. The Bertz CT molecular complexity index is 314. The number of nitrogens with zero attached hydrogens (tertiary/aromatic N) is 1. The second kappa shape index (κ2) is 6.14. The number of rotatable bonds is 6. The molecular formula is C11H15NO3. The summed E-state index contributed by atoms with van der Waals surface area (Å²) in [6, 6.07) is 7.66. The molecule has 0 aliphatic carbocycles. The lowest BCUT2D eigenvalue weighted by molar-refractivity contribution is 0.0701. The number of ether oxygens (including phenoxy) is 2. The zero-order valence-electron chi connectivity index (χ0n) is 8.97. The van der Waals surface area contributed by atoms with E-state index in [2.05, 4.69) is 5.18 Å². The highest BCUT2D eigenvalue weighted by Gasteiger charge is 2.10. The molecule has 1 aromatic carbocycles. The van der Waals surface area contributed by atoms with E-state index in [1.807, 2.05) is 31.2 Å². The largest absolute Gasteiger partial charge is 0.496 e. The Balaban J connectivity index is 2.63. The summed E-state index contributed by atoms with van der Waals surface area (Å²) in [5.74, 6) is 0.795. The number of benzene rings is 1. The van der Waals surface area contributed by atoms with E-state index in [0.717, 1.165) is 11.3 Å². The number of hydrogen-bond donors (Lipinski definition) is 0. The number of hydrogen-bond acceptors (Lipinski definition) is 4. The van der Waals surface area contributed by atoms with Crippen LogP contribution in [0.2, 0.25) is 0 Å². The minimum Gasteiger partial charge on any atom is -0.496 e. The van der Waals surface area contributed by atoms with E-state index in [1.54, 1.807) is 7.11 Å². The van der Waals surface area contributed by atoms with E-state index in [1.165, 1.54) is 0 Å². The molecule has 0 fully saturated rings. The maximum absolute atomic E-state index is 9.89. The molecule has 82 valence electrons. The zero-order valence-corrected chi connectivity index (χ0v) is 8.97. The van der Waals surface area contributed by atoms with Crippen LogP contribution in [0.3, 0.4) is 0 Å². The Kier molecular flexibility index (Phi) is 4.77. The van der Waals surface area contributed by atoms with Crippen molar-refractivity contribution in [3.63, 3.8) is 0 Å². The van der Waals surface area contributed by atoms with Crippen molar-refractivity contribution < 1.29 is 9.47 Å². The van der Waals surface area contributed by atoms with Gasteiger partial charge in [0, 0.05) is 5.56 Å². The van der Waals surface area contributed by atoms with Crippen LogP contribution in [0.15, 0.2) is 29.4 Å². The summed E-state index contributed by atoms with van der Waals surface area (Å²) >= 11 is 0. The molecule has 15 heavy (non-hydrogen) atoms. The Morgan fingerprint density at radius 3 is 2.80 bits per heavy atom. The van der Waals surface area contributed by atoms with E-state index in [9.17, 15) is 4.91 Å². The van der Waals surface area contributed by atoms with Crippen LogP contribution in [-0.2, 0) is 4.74 Å². The molecule has 0 saturated carbocycles. The molecule has 0 heterocycles. The predicted molar refractivity (Wildman–Crippen MR) is 58.0 cm³/mol. The van der Waals surface area contributed by atoms with Gasteiger partial charge in [0.05, 0.1) is 19.8 Å². The normalized spacial score (nSPS) is 12.1. The molecule has 0 N–H and O–H groups in total. The van der Waals surface area contributed by atoms with Crippen LogP contribution in [0.1, 0.15) is 18.6 Å². The van der Waals surface area contributed by atoms with Crippen LogP contribution in [0.5, 0.6) is 5.75 Å². The van der Waals surface area contributed by atoms with Gasteiger partial charge in [-0.1, -0.05) is 23.4 Å². The third kappa shape index (κ3) is 3.32. The predicted octanol–water partition coefficient (Wildman–Crippen LogP) is 2.54. The minimum absolute atomic E-state index is 0.0945. The van der Waals surface area contributed by atoms with Gasteiger partial charge >= 0.3 is 0 Å². The van der Waals surface area contributed by atoms with Gasteiger partial charge in [-0.15, -0.1) is 0 Å². The van der Waals surface area contributed by atoms with Crippen LogP contribution in [-0.4, -0.2) is 20.3 Å². The monoisotopic (exact) mass is 209 g/mol. The van der Waals surface area contributed by atoms with E-state index in [-0.39, 0.29) is 12.6 Å². The van der Waals surface area contributed by atoms with Gasteiger partial charge in [-0.05, 0) is 13.0 Å². The Hall–Kier alpha value is -1.42. The van der Waals surface area contributed by atoms with E-state index in [0.29, 0.717) is 6.61 Å². The van der Waals surface area contributed by atoms with Gasteiger partial charge in [-0.25, -0.2) is 0 Å². The highest BCUT2D eigenvalue weighted by molar-refractivity contribution is 5.34. The molecule has 0 saturated heterocycles. The average molecular weight is 209 g/mol. The van der Waals surface area contributed by atoms with E-state index in [4.69, 9.17) is 9.47 Å². The molecule has 4 nitrogen and oxygen atoms in total. The number of nitroso groups, excluding NO2 is 1. The summed E-state index contributed by atoms with van der Waals surface area (Å²) in [7, 11) is 1.62. The highest BCUT2D eigenvalue weighted by Crippen LogP contribution is 2.26. The molecule has 1 unspecified atom stereocenters. The fourth-order valence-corrected chi connectivity index (χ4v) is 1.36. The topological polar surface area (TPSA) is 47.9 Å². The average Bonchev–Trinajstić information content (AvgIpc) is 2.29. The second-order valence-electron chi connectivity index (χ2n) is 3.11. The van der Waals surface area contributed by atoms with E-state index >= 15 is 0 Å². The van der Waals surface area contributed by atoms with Gasteiger partial charge in [0.25, 0.3) is 0 Å². The summed E-state index contributed by atoms with van der Waals surface area (Å²) < 4.78 is 10.6. The fraction of sp³-hybridized carbons (Fsp3) is 0.455. The smallest absolute Gasteiger partial charge is 0.124 e. The molecule has 1 atom stereocenters. The maximum Gasteiger partial charge on any atom is 0.124 e. The van der Waals surface area contributed by atoms with Gasteiger partial charge in [0.1, 0.15) is 12.3 Å². The summed E-state index contributed by atoms with van der Waals surface area (Å²) in [5, 5.41) is 2.74. The summed E-state index contributed by atoms with van der Waals surface area (Å²) in [6.07, 6.45) is -0.0945. The van der Waals surface area contributed by atoms with Crippen molar-refractivity contribution >= 4 is 0 Å². The highest BCUT2D eigenvalue weighted by atomic mass is 16.5. The third-order valence-corrected chi connectivity index (χ3v) is 2.13. The fourth-order valence-electron chi connectivity index (χ4n) is 1.36. The molecule has 0 spiro atoms. The second-order valence-corrected chi connectivity index (χ2v) is 3.11. The van der Waals surface area contributed by atoms with Crippen LogP contribution in [0.4, 0.5) is 0 Å². The first-order valence-corrected chi connectivity index (χ1v) is 4.83. The van der Waals surface area contributed by atoms with Crippen LogP contribution in [0, 0.1) is 4.91 Å². The molecule has 1 rings (SSSR count). The Labute approximate surface area is 89.2 Å². The number of para-hydroxylation sites is 1.